The van der Waals surface area contributed by atoms with Gasteiger partial charge in [-0.1, -0.05) is 27.4 Å². The molecule has 2 saturated carbocycles. The maximum Gasteiger partial charge on any atom is 0.354 e. The van der Waals surface area contributed by atoms with E-state index in [-0.39, 0.29) is 28.5 Å². The molecule has 3 atom stereocenters. The Kier molecular flexibility index (Phi) is 3.23. The van der Waals surface area contributed by atoms with E-state index in [9.17, 15) is 9.59 Å². The van der Waals surface area contributed by atoms with E-state index in [1.807, 2.05) is 0 Å². The highest BCUT2D eigenvalue weighted by molar-refractivity contribution is 5.92. The second-order valence-corrected chi connectivity index (χ2v) is 6.66. The first-order chi connectivity index (χ1) is 8.68. The van der Waals surface area contributed by atoms with Crippen LogP contribution < -0.4 is 5.32 Å². The Morgan fingerprint density at radius 1 is 1.32 bits per heavy atom. The van der Waals surface area contributed by atoms with Crippen molar-refractivity contribution < 1.29 is 14.3 Å². The average Bonchev–Trinajstić information content (AvgIpc) is 2.61. The number of carbonyl (C=O) groups excluding carboxylic acids is 2. The van der Waals surface area contributed by atoms with Gasteiger partial charge in [-0.3, -0.25) is 4.79 Å². The fourth-order valence-corrected chi connectivity index (χ4v) is 3.77. The smallest absolute Gasteiger partial charge is 0.354 e. The number of fused-ring (bicyclic) bond motifs is 2. The van der Waals surface area contributed by atoms with Crippen LogP contribution in [0.2, 0.25) is 0 Å². The third-order valence-electron chi connectivity index (χ3n) is 5.54. The average molecular weight is 265 g/mol. The third-order valence-corrected chi connectivity index (χ3v) is 5.54. The number of nitrogens with one attached hydrogen (secondary N) is 1. The van der Waals surface area contributed by atoms with E-state index in [2.05, 4.69) is 32.7 Å². The first-order valence-corrected chi connectivity index (χ1v) is 6.86. The fourth-order valence-electron chi connectivity index (χ4n) is 3.77. The number of esters is 1. The minimum atomic E-state index is -0.509. The van der Waals surface area contributed by atoms with Crippen LogP contribution in [-0.4, -0.2) is 18.0 Å². The number of hydrogen-bond donors (Lipinski definition) is 1. The van der Waals surface area contributed by atoms with Gasteiger partial charge in [-0.15, -0.1) is 0 Å². The summed E-state index contributed by atoms with van der Waals surface area (Å²) in [5.74, 6) is -0.199. The van der Waals surface area contributed by atoms with Crippen LogP contribution in [0.25, 0.3) is 0 Å². The summed E-state index contributed by atoms with van der Waals surface area (Å²) < 4.78 is 5.59. The van der Waals surface area contributed by atoms with Crippen LogP contribution in [0.15, 0.2) is 12.3 Å². The normalized spacial score (nSPS) is 34.9. The molecule has 2 rings (SSSR count). The standard InChI is InChI=1S/C15H23NO3/c1-9(16-10(2)17)13(18)19-12-8-11-6-7-15(12,5)14(11,3)4/h11-12H,1,6-8H2,2-5H3,(H,16,17)/t11-,12+,15+/m0/s1. The molecule has 2 aliphatic carbocycles. The molecule has 2 fully saturated rings. The van der Waals surface area contributed by atoms with Crippen molar-refractivity contribution in [3.05, 3.63) is 12.3 Å². The van der Waals surface area contributed by atoms with Crippen LogP contribution in [0.5, 0.6) is 0 Å². The lowest BCUT2D eigenvalue weighted by atomic mass is 9.70. The molecule has 0 heterocycles. The minimum Gasteiger partial charge on any atom is -0.457 e. The molecule has 0 spiro atoms. The fraction of sp³-hybridized carbons (Fsp3) is 0.733. The molecule has 0 aliphatic heterocycles. The number of carbonyl (C=O) groups is 2. The third kappa shape index (κ3) is 2.07. The van der Waals surface area contributed by atoms with Crippen molar-refractivity contribution in [2.75, 3.05) is 0 Å². The first-order valence-electron chi connectivity index (χ1n) is 6.86. The SMILES string of the molecule is C=C(NC(C)=O)C(=O)O[C@@H]1C[C@@H]2CC[C@@]1(C)C2(C)C. The zero-order valence-corrected chi connectivity index (χ0v) is 12.2. The zero-order chi connectivity index (χ0) is 14.4. The number of rotatable bonds is 3. The zero-order valence-electron chi connectivity index (χ0n) is 12.2. The first kappa shape index (κ1) is 14.1. The van der Waals surface area contributed by atoms with Gasteiger partial charge in [-0.2, -0.15) is 0 Å². The summed E-state index contributed by atoms with van der Waals surface area (Å²) in [7, 11) is 0. The summed E-state index contributed by atoms with van der Waals surface area (Å²) in [4.78, 5) is 22.8. The molecule has 106 valence electrons. The highest BCUT2D eigenvalue weighted by atomic mass is 16.5. The summed E-state index contributed by atoms with van der Waals surface area (Å²) in [6, 6.07) is 0. The van der Waals surface area contributed by atoms with Gasteiger partial charge in [0, 0.05) is 12.3 Å². The van der Waals surface area contributed by atoms with Gasteiger partial charge in [0.25, 0.3) is 0 Å². The van der Waals surface area contributed by atoms with Crippen molar-refractivity contribution in [2.24, 2.45) is 16.7 Å². The number of hydrogen-bond acceptors (Lipinski definition) is 3. The van der Waals surface area contributed by atoms with Crippen molar-refractivity contribution in [2.45, 2.75) is 53.1 Å². The molecule has 0 aromatic rings. The molecule has 19 heavy (non-hydrogen) atoms. The monoisotopic (exact) mass is 265 g/mol. The van der Waals surface area contributed by atoms with Crippen LogP contribution in [0.3, 0.4) is 0 Å². The maximum atomic E-state index is 11.9. The summed E-state index contributed by atoms with van der Waals surface area (Å²) in [6.45, 7) is 11.6. The quantitative estimate of drug-likeness (QED) is 0.629. The van der Waals surface area contributed by atoms with Crippen LogP contribution >= 0.6 is 0 Å². The van der Waals surface area contributed by atoms with Gasteiger partial charge in [0.2, 0.25) is 5.91 Å². The Hall–Kier alpha value is -1.32. The Balaban J connectivity index is 2.04. The van der Waals surface area contributed by atoms with Crippen molar-refractivity contribution in [3.63, 3.8) is 0 Å². The van der Waals surface area contributed by atoms with Gasteiger partial charge < -0.3 is 10.1 Å². The van der Waals surface area contributed by atoms with Crippen LogP contribution in [-0.2, 0) is 14.3 Å². The molecule has 0 radical (unpaired) electrons. The Morgan fingerprint density at radius 2 is 1.95 bits per heavy atom. The van der Waals surface area contributed by atoms with Crippen LogP contribution in [0.4, 0.5) is 0 Å². The van der Waals surface area contributed by atoms with Crippen LogP contribution in [0.1, 0.15) is 47.0 Å². The largest absolute Gasteiger partial charge is 0.457 e. The molecular weight excluding hydrogens is 242 g/mol. The second kappa shape index (κ2) is 4.36. The molecule has 0 saturated heterocycles. The van der Waals surface area contributed by atoms with E-state index < -0.39 is 5.97 Å². The molecule has 4 nitrogen and oxygen atoms in total. The van der Waals surface area contributed by atoms with Gasteiger partial charge in [0.1, 0.15) is 11.8 Å². The highest BCUT2D eigenvalue weighted by Gasteiger charge is 2.62. The number of ether oxygens (including phenoxy) is 1. The molecule has 0 unspecified atom stereocenters. The van der Waals surface area contributed by atoms with Crippen molar-refractivity contribution in [1.82, 2.24) is 5.32 Å². The summed E-state index contributed by atoms with van der Waals surface area (Å²) >= 11 is 0. The predicted molar refractivity (Wildman–Crippen MR) is 72.1 cm³/mol. The molecule has 4 heteroatoms. The van der Waals surface area contributed by atoms with Gasteiger partial charge >= 0.3 is 5.97 Å². The minimum absolute atomic E-state index is 0.0247. The van der Waals surface area contributed by atoms with Gasteiger partial charge in [-0.25, -0.2) is 4.79 Å². The lowest BCUT2D eigenvalue weighted by molar-refractivity contribution is -0.153. The molecule has 1 N–H and O–H groups in total. The summed E-state index contributed by atoms with van der Waals surface area (Å²) in [5.41, 5.74) is 0.258. The topological polar surface area (TPSA) is 55.4 Å². The van der Waals surface area contributed by atoms with E-state index in [0.717, 1.165) is 12.8 Å². The van der Waals surface area contributed by atoms with E-state index >= 15 is 0 Å². The van der Waals surface area contributed by atoms with Gasteiger partial charge in [0.15, 0.2) is 0 Å². The second-order valence-electron chi connectivity index (χ2n) is 6.66. The molecule has 0 aromatic carbocycles. The van der Waals surface area contributed by atoms with Crippen molar-refractivity contribution in [3.8, 4) is 0 Å². The predicted octanol–water partition coefficient (Wildman–Crippen LogP) is 2.39. The highest BCUT2D eigenvalue weighted by Crippen LogP contribution is 2.66. The Morgan fingerprint density at radius 3 is 2.37 bits per heavy atom. The van der Waals surface area contributed by atoms with Crippen molar-refractivity contribution in [1.29, 1.82) is 0 Å². The van der Waals surface area contributed by atoms with E-state index in [0.29, 0.717) is 5.92 Å². The molecule has 1 amide bonds. The lowest BCUT2D eigenvalue weighted by Gasteiger charge is -2.38. The van der Waals surface area contributed by atoms with Crippen molar-refractivity contribution >= 4 is 11.9 Å². The molecule has 2 aliphatic rings. The van der Waals surface area contributed by atoms with Crippen LogP contribution in [0, 0.1) is 16.7 Å². The Bertz CT molecular complexity index is 441. The van der Waals surface area contributed by atoms with Gasteiger partial charge in [-0.05, 0) is 30.6 Å². The van der Waals surface area contributed by atoms with E-state index in [1.165, 1.54) is 13.3 Å². The van der Waals surface area contributed by atoms with E-state index in [1.54, 1.807) is 0 Å². The van der Waals surface area contributed by atoms with E-state index in [4.69, 9.17) is 4.74 Å². The summed E-state index contributed by atoms with van der Waals surface area (Å²) in [6.07, 6.45) is 3.15. The van der Waals surface area contributed by atoms with Gasteiger partial charge in [0.05, 0.1) is 0 Å². The summed E-state index contributed by atoms with van der Waals surface area (Å²) in [5, 5.41) is 2.39. The number of amides is 1. The maximum absolute atomic E-state index is 11.9. The lowest BCUT2D eigenvalue weighted by Crippen LogP contribution is -2.39. The molecule has 2 bridgehead atoms. The molecular formula is C15H23NO3. The Labute approximate surface area is 114 Å². The molecule has 0 aromatic heterocycles.